The van der Waals surface area contributed by atoms with E-state index in [0.717, 1.165) is 6.42 Å². The molecule has 0 bridgehead atoms. The van der Waals surface area contributed by atoms with Gasteiger partial charge in [-0.05, 0) is 6.42 Å². The van der Waals surface area contributed by atoms with Gasteiger partial charge in [-0.1, -0.05) is 6.08 Å². The van der Waals surface area contributed by atoms with Gasteiger partial charge in [-0.25, -0.2) is 9.79 Å². The first kappa shape index (κ1) is 9.77. The van der Waals surface area contributed by atoms with Gasteiger partial charge in [0.1, 0.15) is 6.61 Å². The molecule has 4 nitrogen and oxygen atoms in total. The van der Waals surface area contributed by atoms with Crippen LogP contribution in [0.4, 0.5) is 0 Å². The molecule has 0 aromatic heterocycles. The van der Waals surface area contributed by atoms with Gasteiger partial charge in [-0.2, -0.15) is 0 Å². The van der Waals surface area contributed by atoms with E-state index in [1.54, 1.807) is 6.08 Å². The highest BCUT2D eigenvalue weighted by Gasteiger charge is 2.25. The zero-order valence-electron chi connectivity index (χ0n) is 7.66. The van der Waals surface area contributed by atoms with Gasteiger partial charge < -0.3 is 9.47 Å². The van der Waals surface area contributed by atoms with Gasteiger partial charge in [0.25, 0.3) is 0 Å². The van der Waals surface area contributed by atoms with Crippen LogP contribution in [0.2, 0.25) is 0 Å². The second-order valence-electron chi connectivity index (χ2n) is 2.70. The van der Waals surface area contributed by atoms with E-state index in [1.165, 1.54) is 7.11 Å². The van der Waals surface area contributed by atoms with Crippen LogP contribution in [0.1, 0.15) is 12.8 Å². The molecule has 0 N–H and O–H groups in total. The summed E-state index contributed by atoms with van der Waals surface area (Å²) >= 11 is 0. The third kappa shape index (κ3) is 2.57. The monoisotopic (exact) mass is 183 g/mol. The van der Waals surface area contributed by atoms with E-state index in [9.17, 15) is 4.79 Å². The highest BCUT2D eigenvalue weighted by molar-refractivity contribution is 5.85. The molecule has 0 saturated heterocycles. The summed E-state index contributed by atoms with van der Waals surface area (Å²) in [6.45, 7) is 3.89. The maximum atomic E-state index is 11.0. The normalized spacial score (nSPS) is 20.4. The standard InChI is InChI=1S/C9H13NO3/c1-3-4-5-8-10-7(6-13-8)9(11)12-2/h3,7H,1,4-6H2,2H3. The number of esters is 1. The molecule has 0 radical (unpaired) electrons. The van der Waals surface area contributed by atoms with Gasteiger partial charge in [0.2, 0.25) is 0 Å². The summed E-state index contributed by atoms with van der Waals surface area (Å²) < 4.78 is 9.73. The molecular formula is C9H13NO3. The predicted molar refractivity (Wildman–Crippen MR) is 48.6 cm³/mol. The molecule has 1 heterocycles. The van der Waals surface area contributed by atoms with Crippen molar-refractivity contribution in [3.63, 3.8) is 0 Å². The topological polar surface area (TPSA) is 47.9 Å². The zero-order valence-corrected chi connectivity index (χ0v) is 7.66. The van der Waals surface area contributed by atoms with Crippen molar-refractivity contribution < 1.29 is 14.3 Å². The van der Waals surface area contributed by atoms with E-state index in [1.807, 2.05) is 0 Å². The van der Waals surface area contributed by atoms with E-state index < -0.39 is 6.04 Å². The average Bonchev–Trinajstić information content (AvgIpc) is 2.62. The summed E-state index contributed by atoms with van der Waals surface area (Å²) in [5.74, 6) is 0.281. The van der Waals surface area contributed by atoms with Crippen molar-refractivity contribution in [2.24, 2.45) is 4.99 Å². The Hall–Kier alpha value is -1.32. The number of carbonyl (C=O) groups is 1. The Bertz CT molecular complexity index is 235. The molecule has 0 aliphatic carbocycles. The Morgan fingerprint density at radius 2 is 2.69 bits per heavy atom. The fourth-order valence-electron chi connectivity index (χ4n) is 1.04. The fraction of sp³-hybridized carbons (Fsp3) is 0.556. The second-order valence-corrected chi connectivity index (χ2v) is 2.70. The quantitative estimate of drug-likeness (QED) is 0.481. The van der Waals surface area contributed by atoms with Crippen molar-refractivity contribution in [3.8, 4) is 0 Å². The van der Waals surface area contributed by atoms with Gasteiger partial charge >= 0.3 is 5.97 Å². The molecule has 1 rings (SSSR count). The minimum absolute atomic E-state index is 0.305. The van der Waals surface area contributed by atoms with E-state index in [0.29, 0.717) is 18.9 Å². The zero-order chi connectivity index (χ0) is 9.68. The number of hydrogen-bond acceptors (Lipinski definition) is 4. The Kier molecular flexibility index (Phi) is 3.49. The molecule has 13 heavy (non-hydrogen) atoms. The molecule has 0 aromatic rings. The van der Waals surface area contributed by atoms with Crippen molar-refractivity contribution in [2.45, 2.75) is 18.9 Å². The van der Waals surface area contributed by atoms with Crippen molar-refractivity contribution >= 4 is 11.9 Å². The summed E-state index contributed by atoms with van der Waals surface area (Å²) in [6, 6.07) is -0.468. The maximum absolute atomic E-state index is 11.0. The number of carbonyl (C=O) groups excluding carboxylic acids is 1. The van der Waals surface area contributed by atoms with E-state index in [4.69, 9.17) is 4.74 Å². The molecule has 0 amide bonds. The minimum Gasteiger partial charge on any atom is -0.478 e. The molecule has 0 spiro atoms. The number of methoxy groups -OCH3 is 1. The first-order chi connectivity index (χ1) is 6.27. The van der Waals surface area contributed by atoms with Gasteiger partial charge in [0.05, 0.1) is 7.11 Å². The van der Waals surface area contributed by atoms with E-state index in [2.05, 4.69) is 16.3 Å². The highest BCUT2D eigenvalue weighted by atomic mass is 16.5. The number of nitrogens with zero attached hydrogens (tertiary/aromatic N) is 1. The summed E-state index contributed by atoms with van der Waals surface area (Å²) in [6.07, 6.45) is 3.31. The fourth-order valence-corrected chi connectivity index (χ4v) is 1.04. The Morgan fingerprint density at radius 1 is 1.92 bits per heavy atom. The highest BCUT2D eigenvalue weighted by Crippen LogP contribution is 2.09. The van der Waals surface area contributed by atoms with Gasteiger partial charge in [0, 0.05) is 6.42 Å². The number of hydrogen-bond donors (Lipinski definition) is 0. The Morgan fingerprint density at radius 3 is 3.31 bits per heavy atom. The molecule has 1 aliphatic heterocycles. The average molecular weight is 183 g/mol. The maximum Gasteiger partial charge on any atom is 0.334 e. The lowest BCUT2D eigenvalue weighted by Crippen LogP contribution is -2.21. The number of allylic oxidation sites excluding steroid dienone is 1. The molecule has 0 saturated carbocycles. The van der Waals surface area contributed by atoms with Gasteiger partial charge in [0.15, 0.2) is 11.9 Å². The Balaban J connectivity index is 2.43. The van der Waals surface area contributed by atoms with Crippen LogP contribution >= 0.6 is 0 Å². The number of aliphatic imine (C=N–C) groups is 1. The molecule has 72 valence electrons. The van der Waals surface area contributed by atoms with Crippen molar-refractivity contribution in [3.05, 3.63) is 12.7 Å². The third-order valence-corrected chi connectivity index (χ3v) is 1.74. The molecule has 4 heteroatoms. The van der Waals surface area contributed by atoms with E-state index >= 15 is 0 Å². The predicted octanol–water partition coefficient (Wildman–Crippen LogP) is 0.923. The molecular weight excluding hydrogens is 170 g/mol. The lowest BCUT2D eigenvalue weighted by molar-refractivity contribution is -0.142. The van der Waals surface area contributed by atoms with Crippen LogP contribution in [-0.4, -0.2) is 31.6 Å². The van der Waals surface area contributed by atoms with Crippen molar-refractivity contribution in [2.75, 3.05) is 13.7 Å². The molecule has 1 atom stereocenters. The SMILES string of the molecule is C=CCCC1=NC(C(=O)OC)CO1. The first-order valence-electron chi connectivity index (χ1n) is 4.16. The first-order valence-corrected chi connectivity index (χ1v) is 4.16. The van der Waals surface area contributed by atoms with Crippen LogP contribution in [0.15, 0.2) is 17.6 Å². The van der Waals surface area contributed by atoms with Gasteiger partial charge in [-0.3, -0.25) is 0 Å². The third-order valence-electron chi connectivity index (χ3n) is 1.74. The molecule has 1 unspecified atom stereocenters. The van der Waals surface area contributed by atoms with Crippen LogP contribution in [0, 0.1) is 0 Å². The minimum atomic E-state index is -0.468. The number of ether oxygens (including phenoxy) is 2. The van der Waals surface area contributed by atoms with Crippen LogP contribution < -0.4 is 0 Å². The largest absolute Gasteiger partial charge is 0.478 e. The lowest BCUT2D eigenvalue weighted by atomic mass is 10.3. The second kappa shape index (κ2) is 4.64. The van der Waals surface area contributed by atoms with Crippen LogP contribution in [0.3, 0.4) is 0 Å². The molecule has 1 aliphatic rings. The lowest BCUT2D eigenvalue weighted by Gasteiger charge is -2.00. The van der Waals surface area contributed by atoms with E-state index in [-0.39, 0.29) is 5.97 Å². The van der Waals surface area contributed by atoms with Gasteiger partial charge in [-0.15, -0.1) is 6.58 Å². The van der Waals surface area contributed by atoms with Crippen molar-refractivity contribution in [1.82, 2.24) is 0 Å². The van der Waals surface area contributed by atoms with Crippen LogP contribution in [-0.2, 0) is 14.3 Å². The summed E-state index contributed by atoms with van der Waals surface area (Å²) in [5.41, 5.74) is 0. The number of rotatable bonds is 4. The Labute approximate surface area is 77.2 Å². The summed E-state index contributed by atoms with van der Waals surface area (Å²) in [4.78, 5) is 15.1. The van der Waals surface area contributed by atoms with Crippen LogP contribution in [0.25, 0.3) is 0 Å². The van der Waals surface area contributed by atoms with Crippen LogP contribution in [0.5, 0.6) is 0 Å². The molecule has 0 aromatic carbocycles. The molecule has 0 fully saturated rings. The summed E-state index contributed by atoms with van der Waals surface area (Å²) in [7, 11) is 1.35. The smallest absolute Gasteiger partial charge is 0.334 e. The summed E-state index contributed by atoms with van der Waals surface area (Å²) in [5, 5.41) is 0. The van der Waals surface area contributed by atoms with Crippen molar-refractivity contribution in [1.29, 1.82) is 0 Å².